The van der Waals surface area contributed by atoms with E-state index in [0.29, 0.717) is 38.6 Å². The third-order valence-electron chi connectivity index (χ3n) is 5.50. The highest BCUT2D eigenvalue weighted by molar-refractivity contribution is 5.82. The van der Waals surface area contributed by atoms with Gasteiger partial charge in [-0.3, -0.25) is 4.79 Å². The number of guanidine groups is 1. The number of para-hydroxylation sites is 1. The monoisotopic (exact) mass is 404 g/mol. The van der Waals surface area contributed by atoms with E-state index in [0.717, 1.165) is 44.0 Å². The third kappa shape index (κ3) is 5.32. The number of phenols is 1. The van der Waals surface area contributed by atoms with Gasteiger partial charge in [0.2, 0.25) is 5.91 Å². The zero-order valence-electron chi connectivity index (χ0n) is 17.4. The summed E-state index contributed by atoms with van der Waals surface area (Å²) in [4.78, 5) is 21.6. The number of ether oxygens (including phenoxy) is 2. The number of hydrogen-bond acceptors (Lipinski definition) is 5. The predicted molar refractivity (Wildman–Crippen MR) is 111 cm³/mol. The molecule has 2 fully saturated rings. The highest BCUT2D eigenvalue weighted by Crippen LogP contribution is 2.30. The Labute approximate surface area is 172 Å². The number of methoxy groups -OCH3 is 1. The summed E-state index contributed by atoms with van der Waals surface area (Å²) >= 11 is 0. The van der Waals surface area contributed by atoms with Crippen molar-refractivity contribution in [2.75, 3.05) is 53.0 Å². The number of aliphatic imine (C=N–C) groups is 1. The maximum Gasteiger partial charge on any atom is 0.225 e. The summed E-state index contributed by atoms with van der Waals surface area (Å²) in [7, 11) is 1.54. The summed E-state index contributed by atoms with van der Waals surface area (Å²) in [5.41, 5.74) is 0.720. The minimum absolute atomic E-state index is 0.0784. The van der Waals surface area contributed by atoms with Gasteiger partial charge in [-0.05, 0) is 25.8 Å². The van der Waals surface area contributed by atoms with Crippen LogP contribution in [0.1, 0.15) is 25.3 Å². The number of hydrogen-bond donors (Lipinski definition) is 2. The summed E-state index contributed by atoms with van der Waals surface area (Å²) in [6.07, 6.45) is 1.65. The van der Waals surface area contributed by atoms with Crippen molar-refractivity contribution in [3.63, 3.8) is 0 Å². The van der Waals surface area contributed by atoms with Gasteiger partial charge in [0, 0.05) is 44.2 Å². The molecule has 1 aromatic carbocycles. The molecule has 160 valence electrons. The van der Waals surface area contributed by atoms with Crippen LogP contribution in [-0.2, 0) is 16.1 Å². The molecule has 29 heavy (non-hydrogen) atoms. The van der Waals surface area contributed by atoms with Gasteiger partial charge in [-0.15, -0.1) is 0 Å². The summed E-state index contributed by atoms with van der Waals surface area (Å²) in [5, 5.41) is 13.6. The summed E-state index contributed by atoms with van der Waals surface area (Å²) in [5.74, 6) is 1.73. The van der Waals surface area contributed by atoms with Crippen LogP contribution in [0.3, 0.4) is 0 Å². The second-order valence-electron chi connectivity index (χ2n) is 7.34. The summed E-state index contributed by atoms with van der Waals surface area (Å²) in [6, 6.07) is 5.42. The number of amides is 1. The van der Waals surface area contributed by atoms with Crippen molar-refractivity contribution in [3.05, 3.63) is 23.8 Å². The fourth-order valence-corrected chi connectivity index (χ4v) is 3.83. The number of aromatic hydroxyl groups is 1. The molecule has 0 saturated carbocycles. The minimum Gasteiger partial charge on any atom is -0.504 e. The molecule has 0 unspecified atom stereocenters. The van der Waals surface area contributed by atoms with Crippen molar-refractivity contribution in [2.45, 2.75) is 26.3 Å². The van der Waals surface area contributed by atoms with E-state index in [4.69, 9.17) is 14.5 Å². The van der Waals surface area contributed by atoms with E-state index in [9.17, 15) is 9.90 Å². The minimum atomic E-state index is 0.0784. The van der Waals surface area contributed by atoms with Gasteiger partial charge in [0.05, 0.1) is 26.9 Å². The molecular weight excluding hydrogens is 372 g/mol. The molecule has 0 atom stereocenters. The first-order chi connectivity index (χ1) is 14.1. The van der Waals surface area contributed by atoms with Crippen LogP contribution < -0.4 is 10.1 Å². The molecular formula is C21H32N4O4. The van der Waals surface area contributed by atoms with Gasteiger partial charge in [0.25, 0.3) is 0 Å². The molecule has 0 aromatic heterocycles. The average molecular weight is 405 g/mol. The van der Waals surface area contributed by atoms with Gasteiger partial charge >= 0.3 is 0 Å². The zero-order valence-corrected chi connectivity index (χ0v) is 17.4. The Bertz CT molecular complexity index is 711. The fraction of sp³-hybridized carbons (Fsp3) is 0.619. The first-order valence-corrected chi connectivity index (χ1v) is 10.4. The molecule has 0 aliphatic carbocycles. The van der Waals surface area contributed by atoms with E-state index < -0.39 is 0 Å². The summed E-state index contributed by atoms with van der Waals surface area (Å²) in [6.45, 7) is 7.41. The topological polar surface area (TPSA) is 86.6 Å². The van der Waals surface area contributed by atoms with Crippen LogP contribution in [-0.4, -0.2) is 79.8 Å². The average Bonchev–Trinajstić information content (AvgIpc) is 2.77. The number of benzene rings is 1. The standard InChI is InChI=1S/C21H32N4O4/c1-3-22-21(23-15-17-5-4-6-18(28-2)19(17)26)25-9-7-16(8-10-25)20(27)24-11-13-29-14-12-24/h4-6,16,26H,3,7-15H2,1-2H3,(H,22,23). The van der Waals surface area contributed by atoms with Crippen LogP contribution in [0.5, 0.6) is 11.5 Å². The maximum absolute atomic E-state index is 12.7. The Kier molecular flexibility index (Phi) is 7.57. The lowest BCUT2D eigenvalue weighted by atomic mass is 9.95. The van der Waals surface area contributed by atoms with E-state index >= 15 is 0 Å². The SMILES string of the molecule is CCNC(=NCc1cccc(OC)c1O)N1CCC(C(=O)N2CCOCC2)CC1. The predicted octanol–water partition coefficient (Wildman–Crippen LogP) is 1.44. The highest BCUT2D eigenvalue weighted by Gasteiger charge is 2.30. The van der Waals surface area contributed by atoms with Crippen LogP contribution >= 0.6 is 0 Å². The molecule has 1 amide bonds. The van der Waals surface area contributed by atoms with Gasteiger partial charge in [0.1, 0.15) is 0 Å². The lowest BCUT2D eigenvalue weighted by Gasteiger charge is -2.36. The molecule has 1 aromatic rings. The molecule has 2 aliphatic heterocycles. The Hall–Kier alpha value is -2.48. The molecule has 2 heterocycles. The first-order valence-electron chi connectivity index (χ1n) is 10.4. The van der Waals surface area contributed by atoms with Crippen molar-refractivity contribution in [3.8, 4) is 11.5 Å². The molecule has 0 spiro atoms. The maximum atomic E-state index is 12.7. The molecule has 0 bridgehead atoms. The van der Waals surface area contributed by atoms with Crippen LogP contribution in [0.2, 0.25) is 0 Å². The fourth-order valence-electron chi connectivity index (χ4n) is 3.83. The van der Waals surface area contributed by atoms with Crippen LogP contribution in [0, 0.1) is 5.92 Å². The third-order valence-corrected chi connectivity index (χ3v) is 5.50. The van der Waals surface area contributed by atoms with Gasteiger partial charge in [0.15, 0.2) is 17.5 Å². The van der Waals surface area contributed by atoms with Gasteiger partial charge in [-0.1, -0.05) is 12.1 Å². The molecule has 8 nitrogen and oxygen atoms in total. The Balaban J connectivity index is 1.60. The first kappa shape index (κ1) is 21.2. The van der Waals surface area contributed by atoms with E-state index in [1.165, 1.54) is 7.11 Å². The number of likely N-dealkylation sites (tertiary alicyclic amines) is 1. The smallest absolute Gasteiger partial charge is 0.225 e. The number of nitrogens with zero attached hydrogens (tertiary/aromatic N) is 3. The lowest BCUT2D eigenvalue weighted by Crippen LogP contribution is -2.50. The quantitative estimate of drug-likeness (QED) is 0.571. The number of morpholine rings is 1. The van der Waals surface area contributed by atoms with E-state index in [2.05, 4.69) is 10.2 Å². The molecule has 2 N–H and O–H groups in total. The number of carbonyl (C=O) groups is 1. The molecule has 2 aliphatic rings. The van der Waals surface area contributed by atoms with Crippen molar-refractivity contribution < 1.29 is 19.4 Å². The number of piperidine rings is 1. The van der Waals surface area contributed by atoms with Gasteiger partial charge in [-0.25, -0.2) is 4.99 Å². The van der Waals surface area contributed by atoms with Crippen LogP contribution in [0.25, 0.3) is 0 Å². The van der Waals surface area contributed by atoms with E-state index in [-0.39, 0.29) is 17.6 Å². The lowest BCUT2D eigenvalue weighted by molar-refractivity contribution is -0.140. The second kappa shape index (κ2) is 10.3. The Morgan fingerprint density at radius 2 is 1.97 bits per heavy atom. The van der Waals surface area contributed by atoms with Crippen molar-refractivity contribution in [1.82, 2.24) is 15.1 Å². The highest BCUT2D eigenvalue weighted by atomic mass is 16.5. The second-order valence-corrected chi connectivity index (χ2v) is 7.34. The normalized spacial score (nSPS) is 18.6. The van der Waals surface area contributed by atoms with Gasteiger partial charge in [-0.2, -0.15) is 0 Å². The van der Waals surface area contributed by atoms with Crippen molar-refractivity contribution in [2.24, 2.45) is 10.9 Å². The largest absolute Gasteiger partial charge is 0.504 e. The molecule has 2 saturated heterocycles. The number of carbonyl (C=O) groups excluding carboxylic acids is 1. The number of nitrogens with one attached hydrogen (secondary N) is 1. The van der Waals surface area contributed by atoms with Crippen molar-refractivity contribution >= 4 is 11.9 Å². The van der Waals surface area contributed by atoms with Crippen LogP contribution in [0.4, 0.5) is 0 Å². The van der Waals surface area contributed by atoms with Crippen LogP contribution in [0.15, 0.2) is 23.2 Å². The van der Waals surface area contributed by atoms with E-state index in [1.54, 1.807) is 6.07 Å². The van der Waals surface area contributed by atoms with Gasteiger partial charge < -0.3 is 29.7 Å². The van der Waals surface area contributed by atoms with Crippen molar-refractivity contribution in [1.29, 1.82) is 0 Å². The number of rotatable bonds is 5. The molecule has 3 rings (SSSR count). The summed E-state index contributed by atoms with van der Waals surface area (Å²) < 4.78 is 10.5. The molecule has 0 radical (unpaired) electrons. The zero-order chi connectivity index (χ0) is 20.6. The number of phenolic OH excluding ortho intramolecular Hbond substituents is 1. The molecule has 8 heteroatoms. The Morgan fingerprint density at radius 1 is 1.24 bits per heavy atom. The van der Waals surface area contributed by atoms with E-state index in [1.807, 2.05) is 24.0 Å². The Morgan fingerprint density at radius 3 is 2.62 bits per heavy atom.